The first-order valence-corrected chi connectivity index (χ1v) is 5.81. The van der Waals surface area contributed by atoms with Gasteiger partial charge in [-0.3, -0.25) is 4.79 Å². The molecule has 0 bridgehead atoms. The van der Waals surface area contributed by atoms with E-state index in [9.17, 15) is 4.79 Å². The van der Waals surface area contributed by atoms with E-state index in [2.05, 4.69) is 5.32 Å². The van der Waals surface area contributed by atoms with E-state index in [0.29, 0.717) is 12.0 Å². The lowest BCUT2D eigenvalue weighted by Gasteiger charge is -2.29. The summed E-state index contributed by atoms with van der Waals surface area (Å²) in [4.78, 5) is 10.4. The SMILES string of the molecule is O=CNC1CCCC(CC2OCCO2)C1. The number of carbonyl (C=O) groups excluding carboxylic acids is 1. The second-order valence-corrected chi connectivity index (χ2v) is 4.42. The molecule has 1 aliphatic heterocycles. The van der Waals surface area contributed by atoms with Crippen LogP contribution in [-0.4, -0.2) is 32.0 Å². The summed E-state index contributed by atoms with van der Waals surface area (Å²) in [6.07, 6.45) is 6.42. The molecule has 1 saturated carbocycles. The van der Waals surface area contributed by atoms with Crippen molar-refractivity contribution in [2.75, 3.05) is 13.2 Å². The third-order valence-electron chi connectivity index (χ3n) is 3.30. The molecule has 4 nitrogen and oxygen atoms in total. The van der Waals surface area contributed by atoms with Gasteiger partial charge < -0.3 is 14.8 Å². The van der Waals surface area contributed by atoms with Gasteiger partial charge in [-0.15, -0.1) is 0 Å². The van der Waals surface area contributed by atoms with E-state index in [0.717, 1.165) is 38.9 Å². The highest BCUT2D eigenvalue weighted by Crippen LogP contribution is 2.29. The molecule has 0 aromatic rings. The zero-order valence-electron chi connectivity index (χ0n) is 8.98. The predicted molar refractivity (Wildman–Crippen MR) is 55.3 cm³/mol. The maximum atomic E-state index is 10.4. The zero-order valence-corrected chi connectivity index (χ0v) is 8.98. The van der Waals surface area contributed by atoms with Gasteiger partial charge in [-0.1, -0.05) is 12.8 Å². The smallest absolute Gasteiger partial charge is 0.207 e. The third kappa shape index (κ3) is 3.18. The van der Waals surface area contributed by atoms with Crippen molar-refractivity contribution in [3.8, 4) is 0 Å². The lowest BCUT2D eigenvalue weighted by molar-refractivity contribution is -0.110. The van der Waals surface area contributed by atoms with Crippen molar-refractivity contribution < 1.29 is 14.3 Å². The Kier molecular flexibility index (Phi) is 3.97. The van der Waals surface area contributed by atoms with Gasteiger partial charge in [0.15, 0.2) is 6.29 Å². The minimum Gasteiger partial charge on any atom is -0.356 e. The van der Waals surface area contributed by atoms with Crippen molar-refractivity contribution in [1.82, 2.24) is 5.32 Å². The topological polar surface area (TPSA) is 47.6 Å². The Bertz CT molecular complexity index is 204. The summed E-state index contributed by atoms with van der Waals surface area (Å²) < 4.78 is 10.9. The van der Waals surface area contributed by atoms with Gasteiger partial charge in [0.25, 0.3) is 0 Å². The van der Waals surface area contributed by atoms with Gasteiger partial charge in [0.2, 0.25) is 6.41 Å². The summed E-state index contributed by atoms with van der Waals surface area (Å²) in [6.45, 7) is 1.46. The van der Waals surface area contributed by atoms with Gasteiger partial charge in [-0.05, 0) is 18.8 Å². The number of nitrogens with one attached hydrogen (secondary N) is 1. The molecule has 0 aromatic heterocycles. The molecule has 1 saturated heterocycles. The van der Waals surface area contributed by atoms with Crippen LogP contribution in [0.25, 0.3) is 0 Å². The van der Waals surface area contributed by atoms with Crippen molar-refractivity contribution in [2.24, 2.45) is 5.92 Å². The summed E-state index contributed by atoms with van der Waals surface area (Å²) in [5.74, 6) is 0.638. The van der Waals surface area contributed by atoms with Crippen LogP contribution in [0.4, 0.5) is 0 Å². The molecule has 1 N–H and O–H groups in total. The molecule has 86 valence electrons. The number of hydrogen-bond acceptors (Lipinski definition) is 3. The maximum Gasteiger partial charge on any atom is 0.207 e. The summed E-state index contributed by atoms with van der Waals surface area (Å²) in [7, 11) is 0. The van der Waals surface area contributed by atoms with Crippen LogP contribution in [0.15, 0.2) is 0 Å². The number of amides is 1. The minimum atomic E-state index is 0.00461. The molecule has 0 radical (unpaired) electrons. The van der Waals surface area contributed by atoms with Gasteiger partial charge >= 0.3 is 0 Å². The van der Waals surface area contributed by atoms with Gasteiger partial charge in [0.1, 0.15) is 0 Å². The Hall–Kier alpha value is -0.610. The molecule has 1 heterocycles. The maximum absolute atomic E-state index is 10.4. The van der Waals surface area contributed by atoms with Gasteiger partial charge in [-0.25, -0.2) is 0 Å². The molecule has 1 amide bonds. The minimum absolute atomic E-state index is 0.00461. The van der Waals surface area contributed by atoms with Crippen molar-refractivity contribution in [2.45, 2.75) is 44.4 Å². The van der Waals surface area contributed by atoms with E-state index in [1.54, 1.807) is 0 Å². The van der Waals surface area contributed by atoms with Crippen LogP contribution in [0.3, 0.4) is 0 Å². The second kappa shape index (κ2) is 5.47. The highest BCUT2D eigenvalue weighted by Gasteiger charge is 2.26. The fourth-order valence-electron chi connectivity index (χ4n) is 2.57. The Morgan fingerprint density at radius 2 is 2.07 bits per heavy atom. The van der Waals surface area contributed by atoms with Crippen LogP contribution < -0.4 is 5.32 Å². The third-order valence-corrected chi connectivity index (χ3v) is 3.30. The molecule has 2 fully saturated rings. The molecule has 4 heteroatoms. The molecule has 2 aliphatic rings. The monoisotopic (exact) mass is 213 g/mol. The lowest BCUT2D eigenvalue weighted by Crippen LogP contribution is -2.34. The highest BCUT2D eigenvalue weighted by molar-refractivity contribution is 5.46. The van der Waals surface area contributed by atoms with Crippen LogP contribution >= 0.6 is 0 Å². The van der Waals surface area contributed by atoms with Crippen LogP contribution in [0, 0.1) is 5.92 Å². The normalized spacial score (nSPS) is 32.8. The summed E-state index contributed by atoms with van der Waals surface area (Å²) >= 11 is 0. The first-order chi connectivity index (χ1) is 7.38. The van der Waals surface area contributed by atoms with Crippen molar-refractivity contribution in [3.05, 3.63) is 0 Å². The lowest BCUT2D eigenvalue weighted by atomic mass is 9.83. The van der Waals surface area contributed by atoms with Crippen LogP contribution in [0.5, 0.6) is 0 Å². The summed E-state index contributed by atoms with van der Waals surface area (Å²) in [5.41, 5.74) is 0. The standard InChI is InChI=1S/C11H19NO3/c13-8-12-10-3-1-2-9(6-10)7-11-14-4-5-15-11/h8-11H,1-7H2,(H,12,13). The molecule has 2 rings (SSSR count). The number of rotatable bonds is 4. The zero-order chi connectivity index (χ0) is 10.5. The van der Waals surface area contributed by atoms with E-state index in [-0.39, 0.29) is 6.29 Å². The van der Waals surface area contributed by atoms with Crippen LogP contribution in [-0.2, 0) is 14.3 Å². The molecule has 15 heavy (non-hydrogen) atoms. The first-order valence-electron chi connectivity index (χ1n) is 5.81. The molecular weight excluding hydrogens is 194 g/mol. The quantitative estimate of drug-likeness (QED) is 0.710. The van der Waals surface area contributed by atoms with E-state index in [4.69, 9.17) is 9.47 Å². The highest BCUT2D eigenvalue weighted by atomic mass is 16.7. The van der Waals surface area contributed by atoms with Crippen molar-refractivity contribution >= 4 is 6.41 Å². The van der Waals surface area contributed by atoms with E-state index in [1.165, 1.54) is 12.8 Å². The van der Waals surface area contributed by atoms with Crippen LogP contribution in [0.1, 0.15) is 32.1 Å². The van der Waals surface area contributed by atoms with Crippen LogP contribution in [0.2, 0.25) is 0 Å². The van der Waals surface area contributed by atoms with E-state index < -0.39 is 0 Å². The van der Waals surface area contributed by atoms with E-state index >= 15 is 0 Å². The fourth-order valence-corrected chi connectivity index (χ4v) is 2.57. The number of ether oxygens (including phenoxy) is 2. The molecular formula is C11H19NO3. The molecule has 2 atom stereocenters. The van der Waals surface area contributed by atoms with E-state index in [1.807, 2.05) is 0 Å². The molecule has 0 spiro atoms. The average molecular weight is 213 g/mol. The largest absolute Gasteiger partial charge is 0.356 e. The van der Waals surface area contributed by atoms with Crippen molar-refractivity contribution in [3.63, 3.8) is 0 Å². The Labute approximate surface area is 90.3 Å². The Morgan fingerprint density at radius 1 is 1.27 bits per heavy atom. The Balaban J connectivity index is 1.73. The predicted octanol–water partition coefficient (Wildman–Crippen LogP) is 1.05. The molecule has 0 aromatic carbocycles. The molecule has 2 unspecified atom stereocenters. The Morgan fingerprint density at radius 3 is 2.80 bits per heavy atom. The molecule has 1 aliphatic carbocycles. The van der Waals surface area contributed by atoms with Gasteiger partial charge in [-0.2, -0.15) is 0 Å². The van der Waals surface area contributed by atoms with Crippen molar-refractivity contribution in [1.29, 1.82) is 0 Å². The second-order valence-electron chi connectivity index (χ2n) is 4.42. The van der Waals surface area contributed by atoms with Gasteiger partial charge in [0, 0.05) is 12.5 Å². The fraction of sp³-hybridized carbons (Fsp3) is 0.909. The summed E-state index contributed by atoms with van der Waals surface area (Å²) in [5, 5.41) is 2.88. The van der Waals surface area contributed by atoms with Gasteiger partial charge in [0.05, 0.1) is 13.2 Å². The summed E-state index contributed by atoms with van der Waals surface area (Å²) in [6, 6.07) is 0.364. The number of carbonyl (C=O) groups is 1. The average Bonchev–Trinajstić information content (AvgIpc) is 2.71. The number of hydrogen-bond donors (Lipinski definition) is 1. The first kappa shape index (κ1) is 10.9.